The van der Waals surface area contributed by atoms with E-state index in [0.717, 1.165) is 15.8 Å². The van der Waals surface area contributed by atoms with Crippen LogP contribution in [0, 0.1) is 6.92 Å². The molecule has 0 saturated heterocycles. The summed E-state index contributed by atoms with van der Waals surface area (Å²) in [7, 11) is 1.54. The highest BCUT2D eigenvalue weighted by molar-refractivity contribution is 7.22. The zero-order valence-corrected chi connectivity index (χ0v) is 14.8. The van der Waals surface area contributed by atoms with Crippen LogP contribution in [-0.4, -0.2) is 18.0 Å². The average Bonchev–Trinajstić information content (AvgIpc) is 3.01. The van der Waals surface area contributed by atoms with Crippen molar-refractivity contribution >= 4 is 43.6 Å². The predicted octanol–water partition coefficient (Wildman–Crippen LogP) is 3.97. The minimum Gasteiger partial charge on any atom is -0.497 e. The van der Waals surface area contributed by atoms with Gasteiger partial charge in [-0.2, -0.15) is 0 Å². The molecule has 0 fully saturated rings. The first-order valence-electron chi connectivity index (χ1n) is 7.84. The summed E-state index contributed by atoms with van der Waals surface area (Å²) in [5, 5.41) is 3.72. The second kappa shape index (κ2) is 6.27. The number of hydrogen-bond acceptors (Lipinski definition) is 6. The van der Waals surface area contributed by atoms with Crippen molar-refractivity contribution in [1.82, 2.24) is 4.98 Å². The van der Waals surface area contributed by atoms with E-state index in [9.17, 15) is 9.59 Å². The molecular formula is C19H14N2O4S. The van der Waals surface area contributed by atoms with Crippen molar-refractivity contribution in [2.24, 2.45) is 0 Å². The first-order chi connectivity index (χ1) is 12.5. The lowest BCUT2D eigenvalue weighted by molar-refractivity contribution is 0.102. The maximum absolute atomic E-state index is 12.5. The number of carbonyl (C=O) groups is 1. The Morgan fingerprint density at radius 2 is 2.04 bits per heavy atom. The number of fused-ring (bicyclic) bond motifs is 2. The van der Waals surface area contributed by atoms with Gasteiger partial charge in [-0.3, -0.25) is 10.1 Å². The van der Waals surface area contributed by atoms with Crippen LogP contribution in [0.5, 0.6) is 5.75 Å². The number of thiazole rings is 1. The number of aromatic nitrogens is 1. The fraction of sp³-hybridized carbons (Fsp3) is 0.105. The van der Waals surface area contributed by atoms with Crippen molar-refractivity contribution < 1.29 is 13.9 Å². The Morgan fingerprint density at radius 1 is 1.19 bits per heavy atom. The molecule has 0 atom stereocenters. The molecule has 2 aromatic heterocycles. The largest absolute Gasteiger partial charge is 0.497 e. The highest BCUT2D eigenvalue weighted by atomic mass is 32.1. The van der Waals surface area contributed by atoms with E-state index in [4.69, 9.17) is 9.15 Å². The number of methoxy groups -OCH3 is 1. The molecule has 0 saturated carbocycles. The van der Waals surface area contributed by atoms with E-state index in [1.54, 1.807) is 25.3 Å². The first kappa shape index (κ1) is 16.3. The molecule has 0 aliphatic heterocycles. The van der Waals surface area contributed by atoms with Gasteiger partial charge in [0, 0.05) is 5.39 Å². The predicted molar refractivity (Wildman–Crippen MR) is 101 cm³/mol. The molecule has 4 aromatic rings. The second-order valence-electron chi connectivity index (χ2n) is 5.80. The Morgan fingerprint density at radius 3 is 2.85 bits per heavy atom. The fourth-order valence-electron chi connectivity index (χ4n) is 2.64. The van der Waals surface area contributed by atoms with E-state index < -0.39 is 11.5 Å². The highest BCUT2D eigenvalue weighted by Gasteiger charge is 2.16. The summed E-state index contributed by atoms with van der Waals surface area (Å²) in [5.74, 6) is 0.0542. The average molecular weight is 366 g/mol. The van der Waals surface area contributed by atoms with Crippen LogP contribution in [-0.2, 0) is 0 Å². The zero-order chi connectivity index (χ0) is 18.3. The molecule has 2 heterocycles. The van der Waals surface area contributed by atoms with Gasteiger partial charge in [-0.05, 0) is 48.9 Å². The molecule has 0 unspecified atom stereocenters. The molecule has 1 N–H and O–H groups in total. The van der Waals surface area contributed by atoms with Gasteiger partial charge in [-0.25, -0.2) is 9.78 Å². The molecule has 7 heteroatoms. The molecule has 0 aliphatic carbocycles. The Bertz CT molecular complexity index is 1210. The lowest BCUT2D eigenvalue weighted by Crippen LogP contribution is -2.20. The van der Waals surface area contributed by atoms with E-state index in [0.29, 0.717) is 21.9 Å². The Labute approximate surface area is 152 Å². The zero-order valence-electron chi connectivity index (χ0n) is 14.0. The lowest BCUT2D eigenvalue weighted by atomic mass is 10.1. The van der Waals surface area contributed by atoms with Crippen LogP contribution < -0.4 is 15.7 Å². The molecule has 0 spiro atoms. The van der Waals surface area contributed by atoms with E-state index in [1.807, 2.05) is 25.1 Å². The minimum atomic E-state index is -0.697. The maximum atomic E-state index is 12.5. The molecular weight excluding hydrogens is 352 g/mol. The van der Waals surface area contributed by atoms with Gasteiger partial charge < -0.3 is 9.15 Å². The number of benzene rings is 2. The number of aryl methyl sites for hydroxylation is 1. The maximum Gasteiger partial charge on any atom is 0.349 e. The summed E-state index contributed by atoms with van der Waals surface area (Å²) in [4.78, 5) is 29.1. The molecule has 0 aliphatic rings. The number of nitrogens with zero attached hydrogens (tertiary/aromatic N) is 1. The molecule has 2 aromatic carbocycles. The van der Waals surface area contributed by atoms with Gasteiger partial charge in [-0.15, -0.1) is 0 Å². The Kier molecular flexibility index (Phi) is 3.93. The smallest absolute Gasteiger partial charge is 0.349 e. The van der Waals surface area contributed by atoms with Crippen LogP contribution in [0.1, 0.15) is 15.9 Å². The van der Waals surface area contributed by atoms with E-state index >= 15 is 0 Å². The quantitative estimate of drug-likeness (QED) is 0.555. The number of amides is 1. The van der Waals surface area contributed by atoms with Crippen molar-refractivity contribution in [3.05, 3.63) is 64.0 Å². The first-order valence-corrected chi connectivity index (χ1v) is 8.65. The number of rotatable bonds is 3. The molecule has 1 amide bonds. The van der Waals surface area contributed by atoms with Crippen LogP contribution in [0.3, 0.4) is 0 Å². The van der Waals surface area contributed by atoms with E-state index in [2.05, 4.69) is 10.3 Å². The SMILES string of the molecule is COc1ccc2oc(=O)c(C(=O)Nc3nc4ccc(C)cc4s3)cc2c1. The second-order valence-corrected chi connectivity index (χ2v) is 6.83. The number of carbonyl (C=O) groups excluding carboxylic acids is 1. The summed E-state index contributed by atoms with van der Waals surface area (Å²) in [6.07, 6.45) is 0. The molecule has 130 valence electrons. The van der Waals surface area contributed by atoms with E-state index in [-0.39, 0.29) is 5.56 Å². The van der Waals surface area contributed by atoms with Crippen LogP contribution in [0.4, 0.5) is 5.13 Å². The van der Waals surface area contributed by atoms with Crippen molar-refractivity contribution in [2.45, 2.75) is 6.92 Å². The normalized spacial score (nSPS) is 11.0. The Hall–Kier alpha value is -3.19. The molecule has 6 nitrogen and oxygen atoms in total. The van der Waals surface area contributed by atoms with Crippen LogP contribution >= 0.6 is 11.3 Å². The summed E-state index contributed by atoms with van der Waals surface area (Å²) in [5.41, 5.74) is 1.52. The van der Waals surface area contributed by atoms with Gasteiger partial charge >= 0.3 is 5.63 Å². The fourth-order valence-corrected chi connectivity index (χ4v) is 3.60. The number of nitrogens with one attached hydrogen (secondary N) is 1. The molecule has 4 rings (SSSR count). The van der Waals surface area contributed by atoms with Crippen molar-refractivity contribution in [3.8, 4) is 5.75 Å². The van der Waals surface area contributed by atoms with Crippen molar-refractivity contribution in [2.75, 3.05) is 12.4 Å². The van der Waals surface area contributed by atoms with Gasteiger partial charge in [0.2, 0.25) is 0 Å². The molecule has 26 heavy (non-hydrogen) atoms. The summed E-state index contributed by atoms with van der Waals surface area (Å²) in [6.45, 7) is 1.99. The summed E-state index contributed by atoms with van der Waals surface area (Å²) < 4.78 is 11.4. The van der Waals surface area contributed by atoms with Gasteiger partial charge in [0.1, 0.15) is 16.9 Å². The number of anilines is 1. The third-order valence-corrected chi connectivity index (χ3v) is 4.88. The van der Waals surface area contributed by atoms with Gasteiger partial charge in [-0.1, -0.05) is 17.4 Å². The van der Waals surface area contributed by atoms with Crippen molar-refractivity contribution in [3.63, 3.8) is 0 Å². The summed E-state index contributed by atoms with van der Waals surface area (Å²) in [6, 6.07) is 12.4. The van der Waals surface area contributed by atoms with Crippen LogP contribution in [0.2, 0.25) is 0 Å². The van der Waals surface area contributed by atoms with Gasteiger partial charge in [0.25, 0.3) is 5.91 Å². The van der Waals surface area contributed by atoms with Gasteiger partial charge in [0.05, 0.1) is 17.3 Å². The summed E-state index contributed by atoms with van der Waals surface area (Å²) >= 11 is 1.35. The van der Waals surface area contributed by atoms with E-state index in [1.165, 1.54) is 17.4 Å². The standard InChI is InChI=1S/C19H14N2O4S/c1-10-3-5-14-16(7-10)26-19(20-14)21-17(22)13-9-11-8-12(24-2)4-6-15(11)25-18(13)23/h3-9H,1-2H3,(H,20,21,22). The monoisotopic (exact) mass is 366 g/mol. The third-order valence-electron chi connectivity index (χ3n) is 3.95. The lowest BCUT2D eigenvalue weighted by Gasteiger charge is -2.04. The van der Waals surface area contributed by atoms with Gasteiger partial charge in [0.15, 0.2) is 5.13 Å². The number of ether oxygens (including phenoxy) is 1. The minimum absolute atomic E-state index is 0.0822. The van der Waals surface area contributed by atoms with Crippen LogP contribution in [0.15, 0.2) is 51.7 Å². The number of hydrogen-bond donors (Lipinski definition) is 1. The molecule has 0 bridgehead atoms. The Balaban J connectivity index is 1.70. The topological polar surface area (TPSA) is 81.4 Å². The van der Waals surface area contributed by atoms with Crippen LogP contribution in [0.25, 0.3) is 21.2 Å². The van der Waals surface area contributed by atoms with Crippen molar-refractivity contribution in [1.29, 1.82) is 0 Å². The molecule has 0 radical (unpaired) electrons. The highest BCUT2D eigenvalue weighted by Crippen LogP contribution is 2.27. The third kappa shape index (κ3) is 2.93.